The van der Waals surface area contributed by atoms with Crippen LogP contribution < -0.4 is 18.1 Å². The van der Waals surface area contributed by atoms with Gasteiger partial charge in [0.05, 0.1) is 0 Å². The van der Waals surface area contributed by atoms with E-state index < -0.39 is 31.8 Å². The van der Waals surface area contributed by atoms with Crippen LogP contribution in [0.1, 0.15) is 31.2 Å². The van der Waals surface area contributed by atoms with E-state index in [-0.39, 0.29) is 28.6 Å². The van der Waals surface area contributed by atoms with Gasteiger partial charge < -0.3 is 4.74 Å². The van der Waals surface area contributed by atoms with Crippen molar-refractivity contribution in [3.8, 4) is 17.1 Å². The molecule has 3 aliphatic heterocycles. The maximum absolute atomic E-state index is 13.7. The van der Waals surface area contributed by atoms with Crippen LogP contribution in [-0.2, 0) is 15.7 Å². The van der Waals surface area contributed by atoms with Gasteiger partial charge in [-0.05, 0) is 19.3 Å². The summed E-state index contributed by atoms with van der Waals surface area (Å²) in [5, 5.41) is 3.10. The van der Waals surface area contributed by atoms with E-state index in [1.165, 1.54) is 12.1 Å². The van der Waals surface area contributed by atoms with Gasteiger partial charge in [-0.1, -0.05) is 0 Å². The molecule has 2 aromatic heterocycles. The topological polar surface area (TPSA) is 89.0 Å². The molecular formula is C29H30ClF3IN5O4. The number of fused-ring (bicyclic) bond motifs is 4. The van der Waals surface area contributed by atoms with Gasteiger partial charge in [-0.15, -0.1) is 0 Å². The van der Waals surface area contributed by atoms with Crippen molar-refractivity contribution in [2.45, 2.75) is 38.1 Å². The minimum absolute atomic E-state index is 0.145. The number of carbonyl (C=O) groups is 1. The first kappa shape index (κ1) is 30.2. The van der Waals surface area contributed by atoms with E-state index in [0.29, 0.717) is 42.8 Å². The predicted octanol–water partition coefficient (Wildman–Crippen LogP) is 7.38. The first-order chi connectivity index (χ1) is 20.8. The average molecular weight is 732 g/mol. The van der Waals surface area contributed by atoms with Crippen LogP contribution in [0.25, 0.3) is 11.3 Å². The van der Waals surface area contributed by atoms with Crippen molar-refractivity contribution in [1.82, 2.24) is 9.97 Å². The Labute approximate surface area is 259 Å². The maximum atomic E-state index is 13.7. The van der Waals surface area contributed by atoms with E-state index in [9.17, 15) is 18.0 Å². The molecule has 3 aromatic rings. The van der Waals surface area contributed by atoms with Gasteiger partial charge in [0.25, 0.3) is 0 Å². The summed E-state index contributed by atoms with van der Waals surface area (Å²) >= 11 is 4.53. The summed E-state index contributed by atoms with van der Waals surface area (Å²) < 4.78 is 60.6. The molecule has 3 aliphatic rings. The second-order valence-corrected chi connectivity index (χ2v) is 15.8. The third-order valence-corrected chi connectivity index (χ3v) is 13.0. The Morgan fingerprint density at radius 2 is 2.00 bits per heavy atom. The van der Waals surface area contributed by atoms with Crippen LogP contribution in [0.5, 0.6) is 5.88 Å². The van der Waals surface area contributed by atoms with Gasteiger partial charge in [-0.2, -0.15) is 0 Å². The fourth-order valence-corrected chi connectivity index (χ4v) is 11.0. The van der Waals surface area contributed by atoms with Crippen LogP contribution in [0.15, 0.2) is 48.5 Å². The van der Waals surface area contributed by atoms with Crippen LogP contribution in [0.4, 0.5) is 35.3 Å². The second-order valence-electron chi connectivity index (χ2n) is 10.2. The average Bonchev–Trinajstić information content (AvgIpc) is 3.42. The van der Waals surface area contributed by atoms with Gasteiger partial charge in [0, 0.05) is 6.61 Å². The number of rotatable bonds is 8. The molecule has 1 aromatic carbocycles. The molecule has 1 N–H and O–H groups in total. The molecule has 6 rings (SSSR count). The molecule has 1 unspecified atom stereocenters. The zero-order valence-corrected chi connectivity index (χ0v) is 26.0. The molecule has 5 heterocycles. The summed E-state index contributed by atoms with van der Waals surface area (Å²) in [5.74, 6) is 1.09. The van der Waals surface area contributed by atoms with Crippen molar-refractivity contribution in [2.75, 3.05) is 48.7 Å². The Kier molecular flexibility index (Phi) is 9.12. The number of alkyl halides is 5. The van der Waals surface area contributed by atoms with Gasteiger partial charge in [0.1, 0.15) is 0 Å². The molecule has 43 heavy (non-hydrogen) atoms. The minimum atomic E-state index is -4.51. The SMILES string of the molecule is O=C(Nc1cccc(OCCCOC2CCCCO2)n1)N1c2nc(-c3cccc(C(F)(F)F)c3)c(Cl)cc2N2CCI1C2. The molecule has 14 heteroatoms. The van der Waals surface area contributed by atoms with Crippen LogP contribution in [0.2, 0.25) is 5.02 Å². The third kappa shape index (κ3) is 6.94. The molecule has 1 atom stereocenters. The van der Waals surface area contributed by atoms with Crippen molar-refractivity contribution in [1.29, 1.82) is 0 Å². The van der Waals surface area contributed by atoms with Gasteiger partial charge in [0.15, 0.2) is 0 Å². The zero-order valence-electron chi connectivity index (χ0n) is 23.1. The van der Waals surface area contributed by atoms with Crippen molar-refractivity contribution in [2.24, 2.45) is 0 Å². The van der Waals surface area contributed by atoms with Crippen LogP contribution in [0.3, 0.4) is 0 Å². The number of carbonyl (C=O) groups excluding carboxylic acids is 1. The molecule has 0 saturated carbocycles. The van der Waals surface area contributed by atoms with Crippen LogP contribution in [0, 0.1) is 0 Å². The Morgan fingerprint density at radius 1 is 1.14 bits per heavy atom. The van der Waals surface area contributed by atoms with Crippen molar-refractivity contribution >= 4 is 55.0 Å². The number of nitrogens with zero attached hydrogens (tertiary/aromatic N) is 4. The number of benzene rings is 1. The third-order valence-electron chi connectivity index (χ3n) is 7.14. The molecule has 2 fully saturated rings. The van der Waals surface area contributed by atoms with Crippen LogP contribution >= 0.6 is 31.7 Å². The predicted molar refractivity (Wildman–Crippen MR) is 166 cm³/mol. The van der Waals surface area contributed by atoms with Crippen molar-refractivity contribution in [3.63, 3.8) is 0 Å². The normalized spacial score (nSPS) is 18.9. The number of halogens is 5. The van der Waals surface area contributed by atoms with Crippen molar-refractivity contribution < 1.29 is 32.2 Å². The molecule has 2 bridgehead atoms. The molecular weight excluding hydrogens is 702 g/mol. The van der Waals surface area contributed by atoms with E-state index >= 15 is 0 Å². The second kappa shape index (κ2) is 13.0. The summed E-state index contributed by atoms with van der Waals surface area (Å²) in [6.07, 6.45) is -0.912. The molecule has 0 spiro atoms. The molecule has 0 radical (unpaired) electrons. The van der Waals surface area contributed by atoms with Crippen molar-refractivity contribution in [3.05, 3.63) is 59.1 Å². The number of anilines is 3. The number of ether oxygens (including phenoxy) is 3. The Hall–Kier alpha value is -2.88. The molecule has 230 valence electrons. The molecule has 9 nitrogen and oxygen atoms in total. The van der Waals surface area contributed by atoms with E-state index in [1.807, 2.05) is 0 Å². The van der Waals surface area contributed by atoms with Crippen LogP contribution in [-0.4, -0.2) is 57.6 Å². The summed E-state index contributed by atoms with van der Waals surface area (Å²) in [5.41, 5.74) is 0.306. The number of hydrogen-bond acceptors (Lipinski definition) is 7. The first-order valence-electron chi connectivity index (χ1n) is 14.0. The monoisotopic (exact) mass is 731 g/mol. The number of nitrogens with one attached hydrogen (secondary N) is 1. The summed E-state index contributed by atoms with van der Waals surface area (Å²) in [4.78, 5) is 25.0. The Balaban J connectivity index is 1.16. The number of urea groups is 1. The number of aromatic nitrogens is 2. The number of pyridine rings is 2. The number of hydrogen-bond donors (Lipinski definition) is 1. The van der Waals surface area contributed by atoms with E-state index in [4.69, 9.17) is 30.8 Å². The van der Waals surface area contributed by atoms with Gasteiger partial charge in [0.2, 0.25) is 0 Å². The summed E-state index contributed by atoms with van der Waals surface area (Å²) in [6.45, 7) is 2.40. The molecule has 2 amide bonds. The van der Waals surface area contributed by atoms with E-state index in [2.05, 4.69) is 15.2 Å². The van der Waals surface area contributed by atoms with E-state index in [1.54, 1.807) is 27.4 Å². The van der Waals surface area contributed by atoms with Gasteiger partial charge in [-0.3, -0.25) is 0 Å². The van der Waals surface area contributed by atoms with Gasteiger partial charge >= 0.3 is 230 Å². The fraction of sp³-hybridized carbons (Fsp3) is 0.414. The van der Waals surface area contributed by atoms with Gasteiger partial charge in [-0.25, -0.2) is 0 Å². The number of amides is 2. The summed E-state index contributed by atoms with van der Waals surface area (Å²) in [7, 11) is 0. The zero-order chi connectivity index (χ0) is 30.0. The quantitative estimate of drug-likeness (QED) is 0.0851. The molecule has 0 aliphatic carbocycles. The van der Waals surface area contributed by atoms with E-state index in [0.717, 1.165) is 53.5 Å². The summed E-state index contributed by atoms with van der Waals surface area (Å²) in [6, 6.07) is 11.3. The standard InChI is InChI=1S/C29H30ClF3IN5O4/c30-21-17-22-27(37-26(21)19-6-3-7-20(16-19)29(31,32)33)39(34-11-12-38(22)18-34)28(40)36-23-8-4-9-24(35-23)41-14-5-15-43-25-10-1-2-13-42-25/h3-4,6-9,16-17,25H,1-2,5,10-15,18H2,(H,35,36,40). The first-order valence-corrected chi connectivity index (χ1v) is 18.3. The Morgan fingerprint density at radius 3 is 2.81 bits per heavy atom. The molecule has 2 saturated heterocycles. The Bertz CT molecular complexity index is 1480. The fourth-order valence-electron chi connectivity index (χ4n) is 5.03.